The highest BCUT2D eigenvalue weighted by atomic mass is 31.2. The van der Waals surface area contributed by atoms with E-state index in [0.717, 1.165) is 25.7 Å². The topological polar surface area (TPSA) is 80.6 Å². The normalized spacial score (nSPS) is 17.8. The SMILES string of the molecule is CCOP(=O)(OCC)/C(C#N)=C(/NC1CCCCC1)OC. The van der Waals surface area contributed by atoms with E-state index >= 15 is 0 Å². The van der Waals surface area contributed by atoms with Crippen LogP contribution in [0.5, 0.6) is 0 Å². The van der Waals surface area contributed by atoms with E-state index in [4.69, 9.17) is 13.8 Å². The molecule has 7 heteroatoms. The molecule has 6 nitrogen and oxygen atoms in total. The van der Waals surface area contributed by atoms with Crippen LogP contribution in [0, 0.1) is 11.3 Å². The zero-order valence-corrected chi connectivity index (χ0v) is 13.9. The van der Waals surface area contributed by atoms with E-state index in [9.17, 15) is 9.83 Å². The maximum absolute atomic E-state index is 12.7. The van der Waals surface area contributed by atoms with E-state index in [1.54, 1.807) is 13.8 Å². The minimum absolute atomic E-state index is 0.0840. The summed E-state index contributed by atoms with van der Waals surface area (Å²) in [5, 5.41) is 12.5. The van der Waals surface area contributed by atoms with Gasteiger partial charge in [0.2, 0.25) is 11.2 Å². The molecule has 0 heterocycles. The summed E-state index contributed by atoms with van der Waals surface area (Å²) in [6, 6.07) is 2.16. The molecule has 0 aromatic heterocycles. The Labute approximate surface area is 127 Å². The quantitative estimate of drug-likeness (QED) is 0.419. The van der Waals surface area contributed by atoms with Crippen LogP contribution in [0.3, 0.4) is 0 Å². The molecule has 0 spiro atoms. The lowest BCUT2D eigenvalue weighted by molar-refractivity contribution is 0.214. The fraction of sp³-hybridized carbons (Fsp3) is 0.786. The molecule has 0 radical (unpaired) electrons. The third-order valence-electron chi connectivity index (χ3n) is 3.34. The van der Waals surface area contributed by atoms with Crippen LogP contribution in [0.1, 0.15) is 46.0 Å². The minimum atomic E-state index is -3.64. The second kappa shape index (κ2) is 9.09. The van der Waals surface area contributed by atoms with Crippen molar-refractivity contribution in [3.63, 3.8) is 0 Å². The Bertz CT molecular complexity index is 429. The number of nitriles is 1. The highest BCUT2D eigenvalue weighted by molar-refractivity contribution is 7.58. The first-order valence-corrected chi connectivity index (χ1v) is 9.00. The van der Waals surface area contributed by atoms with E-state index in [1.165, 1.54) is 13.5 Å². The number of nitrogens with zero attached hydrogens (tertiary/aromatic N) is 1. The van der Waals surface area contributed by atoms with Crippen LogP contribution in [0.25, 0.3) is 0 Å². The van der Waals surface area contributed by atoms with Gasteiger partial charge in [-0.1, -0.05) is 19.3 Å². The molecule has 1 aliphatic carbocycles. The average Bonchev–Trinajstić information content (AvgIpc) is 2.48. The lowest BCUT2D eigenvalue weighted by atomic mass is 9.96. The van der Waals surface area contributed by atoms with Gasteiger partial charge in [0, 0.05) is 6.04 Å². The first-order chi connectivity index (χ1) is 10.1. The minimum Gasteiger partial charge on any atom is -0.481 e. The molecule has 1 rings (SSSR count). The summed E-state index contributed by atoms with van der Waals surface area (Å²) in [6.45, 7) is 3.81. The summed E-state index contributed by atoms with van der Waals surface area (Å²) in [5.41, 5.74) is 0. The number of hydrogen-bond donors (Lipinski definition) is 1. The van der Waals surface area contributed by atoms with Gasteiger partial charge in [-0.25, -0.2) is 0 Å². The standard InChI is InChI=1S/C14H25N2O4P/c1-4-19-21(17,20-5-2)13(11-15)14(18-3)16-12-9-7-6-8-10-12/h12,16H,4-10H2,1-3H3/b14-13-. The van der Waals surface area contributed by atoms with Gasteiger partial charge in [-0.2, -0.15) is 5.26 Å². The van der Waals surface area contributed by atoms with Crippen molar-refractivity contribution in [2.75, 3.05) is 20.3 Å². The van der Waals surface area contributed by atoms with E-state index in [0.29, 0.717) is 0 Å². The summed E-state index contributed by atoms with van der Waals surface area (Å²) in [5.74, 6) is 0.203. The molecule has 1 aliphatic rings. The molecule has 0 aromatic carbocycles. The van der Waals surface area contributed by atoms with Crippen molar-refractivity contribution < 1.29 is 18.3 Å². The second-order valence-electron chi connectivity index (χ2n) is 4.81. The van der Waals surface area contributed by atoms with Crippen molar-refractivity contribution in [2.45, 2.75) is 52.0 Å². The molecular formula is C14H25N2O4P. The fourth-order valence-corrected chi connectivity index (χ4v) is 3.94. The van der Waals surface area contributed by atoms with Gasteiger partial charge in [-0.3, -0.25) is 4.57 Å². The van der Waals surface area contributed by atoms with Gasteiger partial charge in [0.1, 0.15) is 6.07 Å². The number of methoxy groups -OCH3 is 1. The number of nitrogens with one attached hydrogen (secondary N) is 1. The van der Waals surface area contributed by atoms with Crippen LogP contribution in [-0.2, 0) is 18.3 Å². The van der Waals surface area contributed by atoms with Crippen molar-refractivity contribution in [3.05, 3.63) is 11.2 Å². The van der Waals surface area contributed by atoms with Crippen LogP contribution >= 0.6 is 7.60 Å². The van der Waals surface area contributed by atoms with Gasteiger partial charge in [-0.05, 0) is 26.7 Å². The number of hydrogen-bond acceptors (Lipinski definition) is 6. The number of rotatable bonds is 8. The third kappa shape index (κ3) is 5.03. The first kappa shape index (κ1) is 18.0. The molecule has 0 unspecified atom stereocenters. The molecule has 21 heavy (non-hydrogen) atoms. The molecule has 0 amide bonds. The Morgan fingerprint density at radius 1 is 1.24 bits per heavy atom. The van der Waals surface area contributed by atoms with Crippen LogP contribution in [0.4, 0.5) is 0 Å². The van der Waals surface area contributed by atoms with Gasteiger partial charge in [0.15, 0.2) is 0 Å². The van der Waals surface area contributed by atoms with Gasteiger partial charge < -0.3 is 19.1 Å². The maximum atomic E-state index is 12.7. The summed E-state index contributed by atoms with van der Waals surface area (Å²) in [4.78, 5) is 0. The van der Waals surface area contributed by atoms with Crippen molar-refractivity contribution in [1.29, 1.82) is 5.26 Å². The van der Waals surface area contributed by atoms with Gasteiger partial charge >= 0.3 is 7.60 Å². The largest absolute Gasteiger partial charge is 0.481 e. The monoisotopic (exact) mass is 316 g/mol. The van der Waals surface area contributed by atoms with Crippen molar-refractivity contribution >= 4 is 7.60 Å². The van der Waals surface area contributed by atoms with Crippen molar-refractivity contribution in [2.24, 2.45) is 0 Å². The summed E-state index contributed by atoms with van der Waals surface area (Å²) >= 11 is 0. The van der Waals surface area contributed by atoms with Crippen molar-refractivity contribution in [3.8, 4) is 6.07 Å². The lowest BCUT2D eigenvalue weighted by Gasteiger charge is -2.26. The van der Waals surface area contributed by atoms with E-state index < -0.39 is 7.60 Å². The van der Waals surface area contributed by atoms with Gasteiger partial charge in [0.25, 0.3) is 0 Å². The Hall–Kier alpha value is -1.02. The Kier molecular flexibility index (Phi) is 7.81. The van der Waals surface area contributed by atoms with Gasteiger partial charge in [0.05, 0.1) is 20.3 Å². The molecule has 0 aromatic rings. The van der Waals surface area contributed by atoms with Gasteiger partial charge in [-0.15, -0.1) is 0 Å². The number of allylic oxidation sites excluding steroid dienone is 1. The first-order valence-electron chi connectivity index (χ1n) is 7.45. The van der Waals surface area contributed by atoms with E-state index in [-0.39, 0.29) is 30.5 Å². The van der Waals surface area contributed by atoms with Crippen LogP contribution in [-0.4, -0.2) is 26.4 Å². The predicted octanol–water partition coefficient (Wildman–Crippen LogP) is 3.51. The van der Waals surface area contributed by atoms with Crippen molar-refractivity contribution in [1.82, 2.24) is 5.32 Å². The molecule has 0 atom stereocenters. The second-order valence-corrected chi connectivity index (χ2v) is 6.76. The molecule has 0 aliphatic heterocycles. The fourth-order valence-electron chi connectivity index (χ4n) is 2.40. The van der Waals surface area contributed by atoms with E-state index in [1.807, 2.05) is 6.07 Å². The molecule has 1 N–H and O–H groups in total. The summed E-state index contributed by atoms with van der Waals surface area (Å²) in [6.07, 6.45) is 5.54. The maximum Gasteiger partial charge on any atom is 0.377 e. The third-order valence-corrected chi connectivity index (χ3v) is 5.38. The molecule has 1 saturated carbocycles. The van der Waals surface area contributed by atoms with Crippen LogP contribution < -0.4 is 5.32 Å². The van der Waals surface area contributed by atoms with Crippen LogP contribution in [0.2, 0.25) is 0 Å². The summed E-state index contributed by atoms with van der Waals surface area (Å²) < 4.78 is 28.5. The molecule has 0 saturated heterocycles. The smallest absolute Gasteiger partial charge is 0.377 e. The molecular weight excluding hydrogens is 291 g/mol. The Balaban J connectivity index is 3.02. The highest BCUT2D eigenvalue weighted by Gasteiger charge is 2.35. The average molecular weight is 316 g/mol. The lowest BCUT2D eigenvalue weighted by Crippen LogP contribution is -2.32. The Morgan fingerprint density at radius 2 is 1.81 bits per heavy atom. The zero-order valence-electron chi connectivity index (χ0n) is 13.1. The highest BCUT2D eigenvalue weighted by Crippen LogP contribution is 2.56. The molecule has 0 bridgehead atoms. The zero-order chi connectivity index (χ0) is 15.7. The predicted molar refractivity (Wildman–Crippen MR) is 80.5 cm³/mol. The van der Waals surface area contributed by atoms with Crippen LogP contribution in [0.15, 0.2) is 11.2 Å². The Morgan fingerprint density at radius 3 is 2.24 bits per heavy atom. The molecule has 1 fully saturated rings. The number of ether oxygens (including phenoxy) is 1. The van der Waals surface area contributed by atoms with E-state index in [2.05, 4.69) is 5.32 Å². The summed E-state index contributed by atoms with van der Waals surface area (Å²) in [7, 11) is -2.19. The molecule has 120 valence electrons.